The Balaban J connectivity index is 1.01. The fraction of sp³-hybridized carbons (Fsp3) is 0.172. The molecular formula is C58H44N2. The molecule has 0 atom stereocenters. The van der Waals surface area contributed by atoms with Gasteiger partial charge < -0.3 is 0 Å². The zero-order valence-corrected chi connectivity index (χ0v) is 33.6. The van der Waals surface area contributed by atoms with Crippen molar-refractivity contribution >= 4 is 21.5 Å². The van der Waals surface area contributed by atoms with Crippen molar-refractivity contribution in [2.24, 2.45) is 23.7 Å². The van der Waals surface area contributed by atoms with Crippen LogP contribution in [0.1, 0.15) is 43.2 Å². The molecule has 0 saturated heterocycles. The molecule has 0 radical (unpaired) electrons. The molecule has 1 spiro atoms. The predicted molar refractivity (Wildman–Crippen MR) is 247 cm³/mol. The Morgan fingerprint density at radius 2 is 0.950 bits per heavy atom. The van der Waals surface area contributed by atoms with Gasteiger partial charge in [-0.05, 0) is 146 Å². The number of hydrogen-bond acceptors (Lipinski definition) is 2. The average Bonchev–Trinajstić information content (AvgIpc) is 3.59. The van der Waals surface area contributed by atoms with Crippen molar-refractivity contribution in [2.75, 3.05) is 0 Å². The third kappa shape index (κ3) is 5.07. The maximum atomic E-state index is 5.34. The Labute approximate surface area is 351 Å². The molecule has 286 valence electrons. The summed E-state index contributed by atoms with van der Waals surface area (Å²) in [6.07, 6.45) is 6.97. The second kappa shape index (κ2) is 13.2. The lowest BCUT2D eigenvalue weighted by atomic mass is 9.43. The summed E-state index contributed by atoms with van der Waals surface area (Å²) in [4.78, 5) is 10.6. The molecule has 2 nitrogen and oxygen atoms in total. The summed E-state index contributed by atoms with van der Waals surface area (Å²) in [6, 6.07) is 67.2. The number of nitrogens with zero attached hydrogens (tertiary/aromatic N) is 2. The first-order valence-corrected chi connectivity index (χ1v) is 22.0. The van der Waals surface area contributed by atoms with Gasteiger partial charge in [0.2, 0.25) is 0 Å². The van der Waals surface area contributed by atoms with Gasteiger partial charge in [0.05, 0.1) is 11.4 Å². The van der Waals surface area contributed by atoms with Crippen molar-refractivity contribution in [2.45, 2.75) is 37.5 Å². The van der Waals surface area contributed by atoms with Gasteiger partial charge in [0, 0.05) is 22.1 Å². The maximum Gasteiger partial charge on any atom is 0.160 e. The molecule has 0 aliphatic heterocycles. The molecular weight excluding hydrogens is 725 g/mol. The summed E-state index contributed by atoms with van der Waals surface area (Å²) in [5.41, 5.74) is 16.3. The molecule has 1 aromatic heterocycles. The summed E-state index contributed by atoms with van der Waals surface area (Å²) >= 11 is 0. The Morgan fingerprint density at radius 1 is 0.367 bits per heavy atom. The minimum Gasteiger partial charge on any atom is -0.228 e. The molecule has 0 unspecified atom stereocenters. The second-order valence-electron chi connectivity index (χ2n) is 18.1. The van der Waals surface area contributed by atoms with Crippen LogP contribution in [0.25, 0.3) is 88.8 Å². The van der Waals surface area contributed by atoms with Gasteiger partial charge >= 0.3 is 0 Å². The quantitative estimate of drug-likeness (QED) is 0.174. The standard InChI is InChI=1S/C58H44N2/c1-3-13-38(14-4-1)40-19-11-20-43(32-40)54-35-55(60-57(59-54)39-15-5-2-6-16-39)49-26-25-48(46-21-9-10-22-47(46)49)50-23-12-24-52-56(50)51-33-41-17-7-8-18-42(41)34-53(51)58(52)44-28-36-27-37(30-44)31-45(58)29-36/h1-26,32-37,44-45H,27-31H2. The summed E-state index contributed by atoms with van der Waals surface area (Å²) < 4.78 is 0. The molecule has 0 N–H and O–H groups in total. The van der Waals surface area contributed by atoms with Crippen LogP contribution in [0.5, 0.6) is 0 Å². The lowest BCUT2D eigenvalue weighted by Gasteiger charge is -2.61. The van der Waals surface area contributed by atoms with Crippen LogP contribution in [0.3, 0.4) is 0 Å². The fourth-order valence-corrected chi connectivity index (χ4v) is 12.8. The van der Waals surface area contributed by atoms with E-state index in [1.165, 1.54) is 87.0 Å². The minimum atomic E-state index is 0.0941. The molecule has 5 aliphatic rings. The SMILES string of the molecule is c1ccc(-c2cccc(-c3cc(-c4ccc(-c5cccc6c5-c5cc7ccccc7cc5C65C6CC7CC(C6)CC5C7)c5ccccc45)nc(-c4ccccc4)n3)c2)cc1. The van der Waals surface area contributed by atoms with E-state index < -0.39 is 0 Å². The maximum absolute atomic E-state index is 5.34. The molecule has 8 aromatic carbocycles. The zero-order chi connectivity index (χ0) is 39.4. The van der Waals surface area contributed by atoms with Gasteiger partial charge in [-0.25, -0.2) is 9.97 Å². The number of rotatable bonds is 5. The number of fused-ring (bicyclic) bond motifs is 5. The van der Waals surface area contributed by atoms with Crippen LogP contribution in [0.15, 0.2) is 182 Å². The Bertz CT molecular complexity index is 3130. The van der Waals surface area contributed by atoms with E-state index in [2.05, 4.69) is 182 Å². The van der Waals surface area contributed by atoms with E-state index in [0.29, 0.717) is 11.8 Å². The molecule has 4 bridgehead atoms. The van der Waals surface area contributed by atoms with Gasteiger partial charge in [-0.3, -0.25) is 0 Å². The van der Waals surface area contributed by atoms with Crippen LogP contribution in [0.2, 0.25) is 0 Å². The van der Waals surface area contributed by atoms with Crippen molar-refractivity contribution < 1.29 is 0 Å². The van der Waals surface area contributed by atoms with Crippen molar-refractivity contribution in [3.8, 4) is 67.3 Å². The first-order valence-electron chi connectivity index (χ1n) is 22.0. The van der Waals surface area contributed by atoms with Crippen LogP contribution in [0.4, 0.5) is 0 Å². The van der Waals surface area contributed by atoms with E-state index in [-0.39, 0.29) is 5.41 Å². The van der Waals surface area contributed by atoms with E-state index in [1.807, 2.05) is 0 Å². The molecule has 9 aromatic rings. The summed E-state index contributed by atoms with van der Waals surface area (Å²) in [5, 5.41) is 5.17. The van der Waals surface area contributed by atoms with Crippen LogP contribution in [0, 0.1) is 23.7 Å². The summed E-state index contributed by atoms with van der Waals surface area (Å²) in [5.74, 6) is 3.96. The largest absolute Gasteiger partial charge is 0.228 e. The Morgan fingerprint density at radius 3 is 1.70 bits per heavy atom. The van der Waals surface area contributed by atoms with E-state index >= 15 is 0 Å². The molecule has 2 heteroatoms. The normalized spacial score (nSPS) is 22.1. The molecule has 4 fully saturated rings. The van der Waals surface area contributed by atoms with Crippen molar-refractivity contribution in [3.63, 3.8) is 0 Å². The second-order valence-corrected chi connectivity index (χ2v) is 18.1. The van der Waals surface area contributed by atoms with Gasteiger partial charge in [0.1, 0.15) is 0 Å². The van der Waals surface area contributed by atoms with E-state index in [4.69, 9.17) is 9.97 Å². The third-order valence-electron chi connectivity index (χ3n) is 15.1. The Hall–Kier alpha value is -6.64. The smallest absolute Gasteiger partial charge is 0.160 e. The van der Waals surface area contributed by atoms with Gasteiger partial charge in [0.25, 0.3) is 0 Å². The zero-order valence-electron chi connectivity index (χ0n) is 33.6. The van der Waals surface area contributed by atoms with Crippen LogP contribution in [-0.4, -0.2) is 9.97 Å². The van der Waals surface area contributed by atoms with Gasteiger partial charge in [-0.15, -0.1) is 0 Å². The fourth-order valence-electron chi connectivity index (χ4n) is 12.8. The number of aromatic nitrogens is 2. The molecule has 1 heterocycles. The van der Waals surface area contributed by atoms with E-state index in [0.717, 1.165) is 45.7 Å². The topological polar surface area (TPSA) is 25.8 Å². The predicted octanol–water partition coefficient (Wildman–Crippen LogP) is 14.8. The molecule has 4 saturated carbocycles. The lowest BCUT2D eigenvalue weighted by Crippen LogP contribution is -2.55. The van der Waals surface area contributed by atoms with E-state index in [1.54, 1.807) is 11.1 Å². The number of benzene rings is 8. The highest BCUT2D eigenvalue weighted by Gasteiger charge is 2.61. The van der Waals surface area contributed by atoms with Crippen molar-refractivity contribution in [3.05, 3.63) is 193 Å². The minimum absolute atomic E-state index is 0.0941. The summed E-state index contributed by atoms with van der Waals surface area (Å²) in [6.45, 7) is 0. The van der Waals surface area contributed by atoms with Crippen LogP contribution in [-0.2, 0) is 5.41 Å². The van der Waals surface area contributed by atoms with Gasteiger partial charge in [0.15, 0.2) is 5.82 Å². The highest BCUT2D eigenvalue weighted by atomic mass is 14.9. The monoisotopic (exact) mass is 768 g/mol. The first-order chi connectivity index (χ1) is 29.7. The van der Waals surface area contributed by atoms with E-state index in [9.17, 15) is 0 Å². The van der Waals surface area contributed by atoms with Crippen LogP contribution < -0.4 is 0 Å². The molecule has 0 amide bonds. The highest BCUT2D eigenvalue weighted by molar-refractivity contribution is 6.09. The van der Waals surface area contributed by atoms with Gasteiger partial charge in [-0.2, -0.15) is 0 Å². The molecule has 5 aliphatic carbocycles. The van der Waals surface area contributed by atoms with Gasteiger partial charge in [-0.1, -0.05) is 158 Å². The van der Waals surface area contributed by atoms with Crippen molar-refractivity contribution in [1.29, 1.82) is 0 Å². The first kappa shape index (κ1) is 34.2. The summed E-state index contributed by atoms with van der Waals surface area (Å²) in [7, 11) is 0. The highest BCUT2D eigenvalue weighted by Crippen LogP contribution is 2.70. The lowest BCUT2D eigenvalue weighted by molar-refractivity contribution is -0.0398. The molecule has 14 rings (SSSR count). The molecule has 60 heavy (non-hydrogen) atoms. The Kier molecular flexibility index (Phi) is 7.52. The van der Waals surface area contributed by atoms with Crippen LogP contribution >= 0.6 is 0 Å². The van der Waals surface area contributed by atoms with Crippen molar-refractivity contribution in [1.82, 2.24) is 9.97 Å². The number of hydrogen-bond donors (Lipinski definition) is 0. The average molecular weight is 769 g/mol. The third-order valence-corrected chi connectivity index (χ3v) is 15.1.